The average molecular weight is 1890 g/mol. The Morgan fingerprint density at radius 1 is 0.188 bits per heavy atom. The van der Waals surface area contributed by atoms with Crippen LogP contribution in [-0.4, -0.2) is 53.4 Å². The van der Waals surface area contributed by atoms with Crippen LogP contribution in [0.2, 0.25) is 0 Å². The number of hydrogen-bond donors (Lipinski definition) is 0. The van der Waals surface area contributed by atoms with Gasteiger partial charge in [0, 0.05) is 11.1 Å². The lowest BCUT2D eigenvalue weighted by Crippen LogP contribution is -2.25. The van der Waals surface area contributed by atoms with Crippen molar-refractivity contribution in [1.29, 1.82) is 0 Å². The zero-order valence-corrected chi connectivity index (χ0v) is 94.8. The first-order valence-corrected chi connectivity index (χ1v) is 55.4. The molecule has 7 aromatic rings. The predicted octanol–water partition coefficient (Wildman–Crippen LogP) is 38.2. The monoisotopic (exact) mass is 1890 g/mol. The van der Waals surface area contributed by atoms with Gasteiger partial charge in [-0.15, -0.1) is 0 Å². The molecule has 0 bridgehead atoms. The van der Waals surface area contributed by atoms with Gasteiger partial charge in [0.25, 0.3) is 0 Å². The molecule has 0 heterocycles. The summed E-state index contributed by atoms with van der Waals surface area (Å²) < 4.78 is 55.3. The Labute approximate surface area is 845 Å². The molecule has 9 nitrogen and oxygen atoms in total. The summed E-state index contributed by atoms with van der Waals surface area (Å²) >= 11 is 0. The van der Waals surface area contributed by atoms with E-state index in [0.717, 1.165) is 113 Å². The fourth-order valence-corrected chi connectivity index (χ4v) is 19.9. The summed E-state index contributed by atoms with van der Waals surface area (Å²) in [6, 6.07) is 46.3. The quantitative estimate of drug-likeness (QED) is 0.0399. The molecule has 9 aliphatic carbocycles. The number of rotatable bonds is 33. The smallest absolute Gasteiger partial charge is 0.165 e. The fraction of sp³-hybridized carbons (Fsp3) is 0.674. The molecule has 7 aromatic carbocycles. The van der Waals surface area contributed by atoms with Crippen LogP contribution in [0, 0.1) is 53.3 Å². The van der Waals surface area contributed by atoms with Crippen LogP contribution in [0.5, 0.6) is 51.7 Å². The van der Waals surface area contributed by atoms with E-state index < -0.39 is 0 Å². The Morgan fingerprint density at radius 3 is 0.428 bits per heavy atom. The van der Waals surface area contributed by atoms with Crippen molar-refractivity contribution >= 4 is 0 Å². The van der Waals surface area contributed by atoms with Crippen LogP contribution < -0.4 is 42.6 Å². The normalized spacial score (nSPS) is 19.3. The Kier molecular flexibility index (Phi) is 39.2. The molecule has 768 valence electrons. The summed E-state index contributed by atoms with van der Waals surface area (Å²) in [4.78, 5) is 0. The number of benzene rings is 7. The van der Waals surface area contributed by atoms with Crippen LogP contribution in [0.25, 0.3) is 0 Å². The lowest BCUT2D eigenvalue weighted by Gasteiger charge is -2.29. The van der Waals surface area contributed by atoms with Gasteiger partial charge < -0.3 is 42.6 Å². The van der Waals surface area contributed by atoms with Crippen molar-refractivity contribution < 1.29 is 42.6 Å². The highest BCUT2D eigenvalue weighted by Crippen LogP contribution is 2.57. The minimum Gasteiger partial charge on any atom is -0.493 e. The van der Waals surface area contributed by atoms with Gasteiger partial charge in [-0.3, -0.25) is 0 Å². The molecular weight excluding hydrogens is 1690 g/mol. The zero-order chi connectivity index (χ0) is 102. The minimum atomic E-state index is -0.202. The van der Waals surface area contributed by atoms with Crippen molar-refractivity contribution in [2.24, 2.45) is 53.3 Å². The highest BCUT2D eigenvalue weighted by atomic mass is 16.5. The van der Waals surface area contributed by atoms with Gasteiger partial charge in [0.2, 0.25) is 0 Å². The van der Waals surface area contributed by atoms with E-state index in [1.54, 1.807) is 14.2 Å². The molecule has 0 spiro atoms. The van der Waals surface area contributed by atoms with Gasteiger partial charge in [-0.25, -0.2) is 0 Å². The lowest BCUT2D eigenvalue weighted by molar-refractivity contribution is 0.123. The van der Waals surface area contributed by atoms with Crippen LogP contribution in [0.15, 0.2) is 127 Å². The lowest BCUT2D eigenvalue weighted by atomic mass is 9.88. The van der Waals surface area contributed by atoms with Crippen LogP contribution in [-0.2, 0) is 0 Å². The topological polar surface area (TPSA) is 83.1 Å². The predicted molar refractivity (Wildman–Crippen MR) is 587 cm³/mol. The molecule has 9 aliphatic rings. The molecule has 12 atom stereocenters. The second kappa shape index (κ2) is 48.0. The van der Waals surface area contributed by atoms with Gasteiger partial charge in [-0.05, 0) is 472 Å². The molecule has 0 radical (unpaired) electrons. The molecule has 138 heavy (non-hydrogen) atoms. The van der Waals surface area contributed by atoms with E-state index in [4.69, 9.17) is 42.6 Å². The van der Waals surface area contributed by atoms with Gasteiger partial charge in [0.15, 0.2) is 23.0 Å². The summed E-state index contributed by atoms with van der Waals surface area (Å²) in [7, 11) is 3.41. The molecular formula is C129H198O9. The third kappa shape index (κ3) is 34.5. The molecule has 16 rings (SSSR count). The zero-order valence-electron chi connectivity index (χ0n) is 94.8. The van der Waals surface area contributed by atoms with Crippen molar-refractivity contribution in [2.45, 2.75) is 494 Å². The van der Waals surface area contributed by atoms with Crippen LogP contribution >= 0.6 is 0 Å². The molecule has 0 saturated heterocycles. The first-order chi connectivity index (χ1) is 64.6. The van der Waals surface area contributed by atoms with E-state index in [9.17, 15) is 0 Å². The van der Waals surface area contributed by atoms with Crippen molar-refractivity contribution in [3.05, 3.63) is 194 Å². The van der Waals surface area contributed by atoms with Gasteiger partial charge in [0.05, 0.1) is 14.2 Å². The first-order valence-electron chi connectivity index (χ1n) is 55.4. The van der Waals surface area contributed by atoms with Gasteiger partial charge in [-0.1, -0.05) is 219 Å². The van der Waals surface area contributed by atoms with E-state index >= 15 is 0 Å². The van der Waals surface area contributed by atoms with E-state index in [2.05, 4.69) is 365 Å². The average Bonchev–Trinajstić information content (AvgIpc) is 1.65. The first kappa shape index (κ1) is 113. The van der Waals surface area contributed by atoms with Crippen LogP contribution in [0.1, 0.15) is 522 Å². The SMILES string of the molecule is CC(c1cccc([C@@H](C)C2CC2)c1OC(C)(C)C)C1CC1.CC(c1cccc([C@H](C)C2CC2)c1OC(C)(C)C)C1CC1.CCC(C)c1cccc([C@@H](C)C2CC2)c1OC(C)(C)C.CC[C@@H](C)c1cccc([C@@H](C)C2CC2)c1OC(C)(C)C.CC[C@H](C)c1cccc([C@@H](C)C2CC2)c1OC(C)(C)C.COc1cccc([C@@H](C)C2CC2)c1OC(C)(C)C.COc1cccc([C@H](C)C2CC2)c1OC(C)(C)C. The summed E-state index contributed by atoms with van der Waals surface area (Å²) in [6.07, 6.45) is 28.2. The second-order valence-electron chi connectivity index (χ2n) is 51.1. The Morgan fingerprint density at radius 2 is 0.304 bits per heavy atom. The number of ether oxygens (including phenoxy) is 9. The van der Waals surface area contributed by atoms with Gasteiger partial charge in [0.1, 0.15) is 68.0 Å². The number of para-hydroxylation sites is 7. The summed E-state index contributed by atoms with van der Waals surface area (Å²) in [6.45, 7) is 79.6. The summed E-state index contributed by atoms with van der Waals surface area (Å²) in [5.74, 6) is 24.3. The third-order valence-corrected chi connectivity index (χ3v) is 30.5. The number of methoxy groups -OCH3 is 2. The maximum Gasteiger partial charge on any atom is 0.165 e. The standard InChI is InChI=1S/2C20H30O.3C19H30O.2C16H24O2/c2*1-13(15-9-10-15)17-7-6-8-18(14(2)16-11-12-16)19(17)21-20(3,4)5;3*1-7-13(2)16-9-8-10-17(14(3)15-11-12-15)18(16)20-19(4,5)6;2*1-11(12-9-10-12)13-7-6-8-14(17-5)15(13)18-16(2,3)4/h2*6-8,13-16H,9-12H2,1-5H3;3*8-10,13-15H,7,11-12H2,1-6H3;2*6-8,11-12H,9-10H2,1-5H3/t2*13-,14?;13?,14-;13-,14+;13-,14-;2*11-/m1001010/s1. The molecule has 9 saturated carbocycles. The molecule has 9 fully saturated rings. The summed E-state index contributed by atoms with van der Waals surface area (Å²) in [5.41, 5.74) is 15.7. The van der Waals surface area contributed by atoms with E-state index in [1.807, 2.05) is 12.1 Å². The molecule has 9 heteroatoms. The third-order valence-electron chi connectivity index (χ3n) is 30.5. The molecule has 0 N–H and O–H groups in total. The summed E-state index contributed by atoms with van der Waals surface area (Å²) in [5, 5.41) is 0. The number of hydrogen-bond acceptors (Lipinski definition) is 9. The Balaban J connectivity index is 0.000000166. The molecule has 0 aromatic heterocycles. The Hall–Kier alpha value is -7.26. The maximum absolute atomic E-state index is 6.46. The Bertz CT molecular complexity index is 4460. The van der Waals surface area contributed by atoms with Crippen LogP contribution in [0.3, 0.4) is 0 Å². The molecule has 0 aliphatic heterocycles. The van der Waals surface area contributed by atoms with Crippen LogP contribution in [0.4, 0.5) is 0 Å². The highest BCUT2D eigenvalue weighted by molar-refractivity contribution is 5.54. The van der Waals surface area contributed by atoms with Gasteiger partial charge >= 0.3 is 0 Å². The minimum absolute atomic E-state index is 0.128. The van der Waals surface area contributed by atoms with Gasteiger partial charge in [-0.2, -0.15) is 0 Å². The molecule has 0 amide bonds. The maximum atomic E-state index is 6.46. The molecule has 3 unspecified atom stereocenters. The largest absolute Gasteiger partial charge is 0.493 e. The van der Waals surface area contributed by atoms with Crippen molar-refractivity contribution in [2.75, 3.05) is 14.2 Å². The van der Waals surface area contributed by atoms with Crippen molar-refractivity contribution in [3.63, 3.8) is 0 Å². The fourth-order valence-electron chi connectivity index (χ4n) is 19.9. The van der Waals surface area contributed by atoms with E-state index in [0.29, 0.717) is 71.0 Å². The van der Waals surface area contributed by atoms with Crippen molar-refractivity contribution in [1.82, 2.24) is 0 Å². The van der Waals surface area contributed by atoms with E-state index in [1.165, 1.54) is 194 Å². The second-order valence-corrected chi connectivity index (χ2v) is 51.1. The van der Waals surface area contributed by atoms with E-state index in [-0.39, 0.29) is 39.2 Å². The highest BCUT2D eigenvalue weighted by Gasteiger charge is 2.42. The van der Waals surface area contributed by atoms with Crippen molar-refractivity contribution in [3.8, 4) is 51.7 Å².